The lowest BCUT2D eigenvalue weighted by Crippen LogP contribution is -2.60. The van der Waals surface area contributed by atoms with E-state index in [0.717, 1.165) is 78.6 Å². The van der Waals surface area contributed by atoms with Gasteiger partial charge in [-0.1, -0.05) is 131 Å². The van der Waals surface area contributed by atoms with Crippen LogP contribution in [0, 0.1) is 27.7 Å². The van der Waals surface area contributed by atoms with Crippen molar-refractivity contribution in [1.29, 1.82) is 0 Å². The van der Waals surface area contributed by atoms with E-state index < -0.39 is 25.2 Å². The highest BCUT2D eigenvalue weighted by atomic mass is 28.5. The average Bonchev–Trinajstić information content (AvgIpc) is 3.36. The summed E-state index contributed by atoms with van der Waals surface area (Å²) >= 11 is 0. The maximum absolute atomic E-state index is 7.09. The normalized spacial score (nSPS) is 11.9. The summed E-state index contributed by atoms with van der Waals surface area (Å²) in [4.78, 5) is 7.01. The van der Waals surface area contributed by atoms with Crippen LogP contribution in [0.3, 0.4) is 0 Å². The standard InChI is InChI=1S/C65H69N3O2Si3/c1-48-15-31-56(32-16-48)66(57-33-17-49(2)18-34-57)60-39-23-52(24-40-60)54-27-43-62(44-28-54)68(64-13-12-14-65(47-64)73(11,69-71(5,6)7)70-72(8,9)10)63-45-29-55(30-46-63)53-25-41-61(42-26-53)67(58-35-19-50(3)20-36-58)59-37-21-51(4)22-38-59/h12-47H,1-11H3. The minimum Gasteiger partial charge on any atom is -0.433 e. The van der Waals surface area contributed by atoms with Crippen LogP contribution < -0.4 is 19.9 Å². The number of nitrogens with zero attached hydrogens (tertiary/aromatic N) is 3. The molecule has 0 aliphatic rings. The summed E-state index contributed by atoms with van der Waals surface area (Å²) in [6, 6.07) is 79.7. The molecule has 0 atom stereocenters. The van der Waals surface area contributed by atoms with Crippen molar-refractivity contribution in [3.05, 3.63) is 241 Å². The second-order valence-corrected chi connectivity index (χ2v) is 34.0. The van der Waals surface area contributed by atoms with E-state index in [2.05, 4.69) is 307 Å². The Morgan fingerprint density at radius 1 is 0.260 bits per heavy atom. The first-order chi connectivity index (χ1) is 34.9. The SMILES string of the molecule is Cc1ccc(N(c2ccc(C)cc2)c2ccc(-c3ccc(N(c4ccc(-c5ccc(N(c6ccc(C)cc6)c6ccc(C)cc6)cc5)cc4)c4cccc([Si](C)(O[Si](C)(C)C)O[Si](C)(C)C)c4)cc3)cc2)cc1. The van der Waals surface area contributed by atoms with E-state index in [4.69, 9.17) is 8.23 Å². The van der Waals surface area contributed by atoms with Gasteiger partial charge in [0.2, 0.25) is 0 Å². The van der Waals surface area contributed by atoms with E-state index in [1.807, 2.05) is 0 Å². The van der Waals surface area contributed by atoms with Crippen molar-refractivity contribution in [3.63, 3.8) is 0 Å². The fourth-order valence-electron chi connectivity index (χ4n) is 9.56. The van der Waals surface area contributed by atoms with Crippen molar-refractivity contribution in [2.75, 3.05) is 14.7 Å². The summed E-state index contributed by atoms with van der Waals surface area (Å²) in [6.45, 7) is 24.4. The maximum Gasteiger partial charge on any atom is 0.348 e. The lowest BCUT2D eigenvalue weighted by atomic mass is 10.0. The first kappa shape index (κ1) is 50.9. The maximum atomic E-state index is 7.09. The molecule has 9 rings (SSSR count). The van der Waals surface area contributed by atoms with Gasteiger partial charge in [-0.25, -0.2) is 0 Å². The van der Waals surface area contributed by atoms with Crippen molar-refractivity contribution >= 4 is 81.6 Å². The molecular formula is C65H69N3O2Si3. The Morgan fingerprint density at radius 3 is 0.712 bits per heavy atom. The zero-order valence-corrected chi connectivity index (χ0v) is 47.4. The van der Waals surface area contributed by atoms with Crippen LogP contribution in [0.4, 0.5) is 51.2 Å². The van der Waals surface area contributed by atoms with Crippen molar-refractivity contribution in [1.82, 2.24) is 0 Å². The first-order valence-corrected chi connectivity index (χ1v) is 34.6. The Morgan fingerprint density at radius 2 is 0.479 bits per heavy atom. The second-order valence-electron chi connectivity index (χ2n) is 21.5. The molecule has 8 heteroatoms. The topological polar surface area (TPSA) is 28.2 Å². The fourth-order valence-corrected chi connectivity index (χ4v) is 21.2. The summed E-state index contributed by atoms with van der Waals surface area (Å²) < 4.78 is 14.2. The molecule has 0 fully saturated rings. The molecular weight excluding hydrogens is 939 g/mol. The summed E-state index contributed by atoms with van der Waals surface area (Å²) in [5, 5.41) is 1.14. The number of aryl methyl sites for hydroxylation is 4. The summed E-state index contributed by atoms with van der Waals surface area (Å²) in [5.74, 6) is 0. The van der Waals surface area contributed by atoms with E-state index in [0.29, 0.717) is 0 Å². The molecule has 0 N–H and O–H groups in total. The van der Waals surface area contributed by atoms with Gasteiger partial charge in [0.1, 0.15) is 0 Å². The third-order valence-corrected chi connectivity index (χ3v) is 22.3. The van der Waals surface area contributed by atoms with Gasteiger partial charge in [0.25, 0.3) is 0 Å². The van der Waals surface area contributed by atoms with Gasteiger partial charge >= 0.3 is 8.56 Å². The van der Waals surface area contributed by atoms with Gasteiger partial charge in [0, 0.05) is 51.2 Å². The smallest absolute Gasteiger partial charge is 0.348 e. The molecule has 0 heterocycles. The van der Waals surface area contributed by atoms with Crippen LogP contribution in [-0.2, 0) is 8.23 Å². The molecule has 0 saturated carbocycles. The van der Waals surface area contributed by atoms with Gasteiger partial charge in [-0.3, -0.25) is 0 Å². The van der Waals surface area contributed by atoms with Crippen LogP contribution in [0.1, 0.15) is 22.3 Å². The predicted octanol–water partition coefficient (Wildman–Crippen LogP) is 18.6. The molecule has 0 aromatic heterocycles. The van der Waals surface area contributed by atoms with E-state index in [1.165, 1.54) is 22.3 Å². The minimum absolute atomic E-state index is 1.06. The Labute approximate surface area is 438 Å². The first-order valence-electron chi connectivity index (χ1n) is 25.5. The Bertz CT molecular complexity index is 2970. The third-order valence-electron chi connectivity index (χ3n) is 13.0. The van der Waals surface area contributed by atoms with Crippen LogP contribution in [0.15, 0.2) is 218 Å². The van der Waals surface area contributed by atoms with Gasteiger partial charge in [0.15, 0.2) is 16.6 Å². The molecule has 0 amide bonds. The number of hydrogen-bond donors (Lipinski definition) is 0. The van der Waals surface area contributed by atoms with Gasteiger partial charge in [-0.2, -0.15) is 0 Å². The number of anilines is 9. The van der Waals surface area contributed by atoms with Gasteiger partial charge in [-0.05, 0) is 210 Å². The second kappa shape index (κ2) is 21.2. The lowest BCUT2D eigenvalue weighted by Gasteiger charge is -2.39. The highest BCUT2D eigenvalue weighted by Gasteiger charge is 2.42. The predicted molar refractivity (Wildman–Crippen MR) is 320 cm³/mol. The fraction of sp³-hybridized carbons (Fsp3) is 0.169. The highest BCUT2D eigenvalue weighted by Crippen LogP contribution is 2.41. The minimum atomic E-state index is -2.81. The molecule has 73 heavy (non-hydrogen) atoms. The molecule has 0 bridgehead atoms. The molecule has 0 unspecified atom stereocenters. The van der Waals surface area contributed by atoms with E-state index in [1.54, 1.807) is 0 Å². The van der Waals surface area contributed by atoms with Gasteiger partial charge in [0.05, 0.1) is 0 Å². The lowest BCUT2D eigenvalue weighted by molar-refractivity contribution is 0.404. The molecule has 0 spiro atoms. The number of hydrogen-bond acceptors (Lipinski definition) is 5. The third kappa shape index (κ3) is 12.3. The summed E-state index contributed by atoms with van der Waals surface area (Å²) in [7, 11) is -6.78. The quantitative estimate of drug-likeness (QED) is 0.0900. The van der Waals surface area contributed by atoms with Crippen molar-refractivity contribution < 1.29 is 8.23 Å². The summed E-state index contributed by atoms with van der Waals surface area (Å²) in [6.07, 6.45) is 0. The average molecular weight is 1010 g/mol. The summed E-state index contributed by atoms with van der Waals surface area (Å²) in [5.41, 5.74) is 19.5. The van der Waals surface area contributed by atoms with Crippen LogP contribution >= 0.6 is 0 Å². The Hall–Kier alpha value is -7.05. The highest BCUT2D eigenvalue weighted by molar-refractivity contribution is 6.94. The molecule has 0 aliphatic heterocycles. The largest absolute Gasteiger partial charge is 0.433 e. The van der Waals surface area contributed by atoms with Crippen molar-refractivity contribution in [3.8, 4) is 22.3 Å². The van der Waals surface area contributed by atoms with Crippen LogP contribution in [0.2, 0.25) is 45.8 Å². The van der Waals surface area contributed by atoms with Crippen molar-refractivity contribution in [2.45, 2.75) is 73.5 Å². The Kier molecular flexibility index (Phi) is 14.8. The molecule has 0 saturated heterocycles. The van der Waals surface area contributed by atoms with Gasteiger partial charge < -0.3 is 22.9 Å². The zero-order chi connectivity index (χ0) is 51.5. The molecule has 368 valence electrons. The molecule has 0 radical (unpaired) electrons. The van der Waals surface area contributed by atoms with Crippen LogP contribution in [0.25, 0.3) is 22.3 Å². The monoisotopic (exact) mass is 1010 g/mol. The van der Waals surface area contributed by atoms with E-state index in [9.17, 15) is 0 Å². The molecule has 0 aliphatic carbocycles. The van der Waals surface area contributed by atoms with E-state index in [-0.39, 0.29) is 0 Å². The van der Waals surface area contributed by atoms with Crippen LogP contribution in [-0.4, -0.2) is 25.2 Å². The molecule has 9 aromatic rings. The number of rotatable bonds is 16. The number of benzene rings is 9. The molecule has 9 aromatic carbocycles. The molecule has 5 nitrogen and oxygen atoms in total. The van der Waals surface area contributed by atoms with Gasteiger partial charge in [-0.15, -0.1) is 0 Å². The van der Waals surface area contributed by atoms with Crippen LogP contribution in [0.5, 0.6) is 0 Å². The Balaban J connectivity index is 1.06. The zero-order valence-electron chi connectivity index (χ0n) is 44.4. The van der Waals surface area contributed by atoms with Crippen molar-refractivity contribution in [2.24, 2.45) is 0 Å². The van der Waals surface area contributed by atoms with E-state index >= 15 is 0 Å².